The normalized spacial score (nSPS) is 10.6. The minimum atomic E-state index is -0.480. The first-order valence-corrected chi connectivity index (χ1v) is 7.90. The van der Waals surface area contributed by atoms with Crippen molar-refractivity contribution in [3.05, 3.63) is 68.7 Å². The third kappa shape index (κ3) is 5.53. The number of halogens is 3. The molecule has 2 amide bonds. The number of rotatable bonds is 5. The van der Waals surface area contributed by atoms with Gasteiger partial charge in [-0.15, -0.1) is 0 Å². The summed E-state index contributed by atoms with van der Waals surface area (Å²) in [5.41, 5.74) is 3.26. The van der Waals surface area contributed by atoms with Crippen molar-refractivity contribution in [3.8, 4) is 0 Å². The Hall–Kier alpha value is -2.08. The lowest BCUT2D eigenvalue weighted by Gasteiger charge is -2.04. The van der Waals surface area contributed by atoms with Gasteiger partial charge in [-0.25, -0.2) is 5.43 Å². The summed E-state index contributed by atoms with van der Waals surface area (Å²) in [6.45, 7) is -0.225. The van der Waals surface area contributed by atoms with E-state index in [1.54, 1.807) is 36.4 Å². The third-order valence-corrected chi connectivity index (χ3v) is 3.65. The number of hydrazone groups is 1. The maximum absolute atomic E-state index is 11.9. The number of carbonyl (C=O) groups excluding carboxylic acids is 2. The second kappa shape index (κ2) is 8.68. The molecule has 0 radical (unpaired) electrons. The second-order valence-corrected chi connectivity index (χ2v) is 5.93. The van der Waals surface area contributed by atoms with E-state index >= 15 is 0 Å². The van der Waals surface area contributed by atoms with Crippen LogP contribution in [0.25, 0.3) is 0 Å². The molecule has 2 rings (SSSR count). The van der Waals surface area contributed by atoms with E-state index in [0.29, 0.717) is 26.2 Å². The zero-order chi connectivity index (χ0) is 17.5. The molecule has 2 aromatic carbocycles. The molecule has 0 fully saturated rings. The molecule has 0 heterocycles. The molecule has 0 aliphatic heterocycles. The molecule has 24 heavy (non-hydrogen) atoms. The van der Waals surface area contributed by atoms with Crippen LogP contribution < -0.4 is 10.7 Å². The van der Waals surface area contributed by atoms with Crippen molar-refractivity contribution in [2.75, 3.05) is 6.54 Å². The first kappa shape index (κ1) is 18.3. The molecule has 2 N–H and O–H groups in total. The van der Waals surface area contributed by atoms with Crippen molar-refractivity contribution >= 4 is 52.8 Å². The Morgan fingerprint density at radius 3 is 2.50 bits per heavy atom. The molecule has 2 aromatic rings. The van der Waals surface area contributed by atoms with Gasteiger partial charge in [0.05, 0.1) is 17.8 Å². The summed E-state index contributed by atoms with van der Waals surface area (Å²) in [5.74, 6) is -0.885. The standard InChI is InChI=1S/C16H12Cl3N3O2/c17-12-3-1-2-10(6-12)16(24)20-9-15(23)22-21-8-11-4-5-13(18)7-14(11)19/h1-8H,9H2,(H,20,24)(H,22,23)/b21-8+. The monoisotopic (exact) mass is 383 g/mol. The summed E-state index contributed by atoms with van der Waals surface area (Å²) in [6, 6.07) is 11.3. The van der Waals surface area contributed by atoms with Crippen molar-refractivity contribution in [1.82, 2.24) is 10.7 Å². The third-order valence-electron chi connectivity index (χ3n) is 2.85. The molecule has 0 unspecified atom stereocenters. The summed E-state index contributed by atoms with van der Waals surface area (Å²) in [4.78, 5) is 23.5. The minimum absolute atomic E-state index is 0.225. The van der Waals surface area contributed by atoms with Gasteiger partial charge in [-0.1, -0.05) is 46.9 Å². The van der Waals surface area contributed by atoms with Gasteiger partial charge in [0.15, 0.2) is 0 Å². The Balaban J connectivity index is 1.83. The van der Waals surface area contributed by atoms with E-state index < -0.39 is 11.8 Å². The zero-order valence-electron chi connectivity index (χ0n) is 12.2. The van der Waals surface area contributed by atoms with E-state index in [1.165, 1.54) is 12.3 Å². The molecule has 0 spiro atoms. The van der Waals surface area contributed by atoms with Gasteiger partial charge in [-0.3, -0.25) is 9.59 Å². The quantitative estimate of drug-likeness (QED) is 0.611. The predicted octanol–water partition coefficient (Wildman–Crippen LogP) is 3.53. The van der Waals surface area contributed by atoms with Gasteiger partial charge in [0, 0.05) is 21.2 Å². The number of carbonyl (C=O) groups is 2. The Morgan fingerprint density at radius 2 is 1.79 bits per heavy atom. The highest BCUT2D eigenvalue weighted by Gasteiger charge is 2.07. The fourth-order valence-electron chi connectivity index (χ4n) is 1.71. The largest absolute Gasteiger partial charge is 0.343 e. The molecule has 8 heteroatoms. The summed E-state index contributed by atoms with van der Waals surface area (Å²) in [6.07, 6.45) is 1.38. The summed E-state index contributed by atoms with van der Waals surface area (Å²) in [7, 11) is 0. The summed E-state index contributed by atoms with van der Waals surface area (Å²) >= 11 is 17.6. The average molecular weight is 385 g/mol. The molecule has 0 bridgehead atoms. The van der Waals surface area contributed by atoms with Crippen LogP contribution in [0.15, 0.2) is 47.6 Å². The molecule has 0 saturated heterocycles. The molecule has 0 saturated carbocycles. The first-order valence-electron chi connectivity index (χ1n) is 6.76. The van der Waals surface area contributed by atoms with Gasteiger partial charge in [0.25, 0.3) is 11.8 Å². The average Bonchev–Trinajstić information content (AvgIpc) is 2.54. The first-order chi connectivity index (χ1) is 11.5. The van der Waals surface area contributed by atoms with Gasteiger partial charge in [-0.05, 0) is 30.3 Å². The van der Waals surface area contributed by atoms with Crippen LogP contribution in [-0.2, 0) is 4.79 Å². The molecular formula is C16H12Cl3N3O2. The van der Waals surface area contributed by atoms with Gasteiger partial charge < -0.3 is 5.32 Å². The number of nitrogens with one attached hydrogen (secondary N) is 2. The Kier molecular flexibility index (Phi) is 6.61. The Morgan fingerprint density at radius 1 is 1.04 bits per heavy atom. The number of benzene rings is 2. The van der Waals surface area contributed by atoms with E-state index in [9.17, 15) is 9.59 Å². The maximum atomic E-state index is 11.9. The predicted molar refractivity (Wildman–Crippen MR) is 96.0 cm³/mol. The van der Waals surface area contributed by atoms with Crippen LogP contribution in [0.2, 0.25) is 15.1 Å². The molecule has 0 aliphatic rings. The van der Waals surface area contributed by atoms with E-state index in [2.05, 4.69) is 15.8 Å². The Labute approximate surface area is 153 Å². The SMILES string of the molecule is O=C(CNC(=O)c1cccc(Cl)c1)N/N=C/c1ccc(Cl)cc1Cl. The lowest BCUT2D eigenvalue weighted by Crippen LogP contribution is -2.34. The molecule has 0 aliphatic carbocycles. The van der Waals surface area contributed by atoms with E-state index in [1.807, 2.05) is 0 Å². The van der Waals surface area contributed by atoms with Crippen molar-refractivity contribution in [1.29, 1.82) is 0 Å². The van der Waals surface area contributed by atoms with E-state index in [0.717, 1.165) is 0 Å². The minimum Gasteiger partial charge on any atom is -0.343 e. The van der Waals surface area contributed by atoms with Crippen molar-refractivity contribution in [2.24, 2.45) is 5.10 Å². The van der Waals surface area contributed by atoms with Gasteiger partial charge in [0.2, 0.25) is 0 Å². The van der Waals surface area contributed by atoms with Crippen molar-refractivity contribution in [3.63, 3.8) is 0 Å². The van der Waals surface area contributed by atoms with Crippen molar-refractivity contribution in [2.45, 2.75) is 0 Å². The molecule has 124 valence electrons. The van der Waals surface area contributed by atoms with Crippen LogP contribution in [-0.4, -0.2) is 24.6 Å². The second-order valence-electron chi connectivity index (χ2n) is 4.65. The lowest BCUT2D eigenvalue weighted by molar-refractivity contribution is -0.120. The lowest BCUT2D eigenvalue weighted by atomic mass is 10.2. The number of nitrogens with zero attached hydrogens (tertiary/aromatic N) is 1. The number of hydrogen-bond acceptors (Lipinski definition) is 3. The number of amides is 2. The highest BCUT2D eigenvalue weighted by atomic mass is 35.5. The van der Waals surface area contributed by atoms with Gasteiger partial charge in [-0.2, -0.15) is 5.10 Å². The van der Waals surface area contributed by atoms with E-state index in [4.69, 9.17) is 34.8 Å². The fourth-order valence-corrected chi connectivity index (χ4v) is 2.36. The fraction of sp³-hybridized carbons (Fsp3) is 0.0625. The summed E-state index contributed by atoms with van der Waals surface area (Å²) in [5, 5.41) is 7.60. The highest BCUT2D eigenvalue weighted by molar-refractivity contribution is 6.36. The van der Waals surface area contributed by atoms with Crippen LogP contribution in [0.1, 0.15) is 15.9 Å². The van der Waals surface area contributed by atoms with Crippen LogP contribution >= 0.6 is 34.8 Å². The smallest absolute Gasteiger partial charge is 0.259 e. The van der Waals surface area contributed by atoms with Gasteiger partial charge >= 0.3 is 0 Å². The molecule has 0 aromatic heterocycles. The maximum Gasteiger partial charge on any atom is 0.259 e. The molecular weight excluding hydrogens is 373 g/mol. The van der Waals surface area contributed by atoms with Gasteiger partial charge in [0.1, 0.15) is 0 Å². The van der Waals surface area contributed by atoms with Crippen LogP contribution in [0, 0.1) is 0 Å². The van der Waals surface area contributed by atoms with Crippen LogP contribution in [0.3, 0.4) is 0 Å². The number of hydrogen-bond donors (Lipinski definition) is 2. The highest BCUT2D eigenvalue weighted by Crippen LogP contribution is 2.19. The van der Waals surface area contributed by atoms with Crippen molar-refractivity contribution < 1.29 is 9.59 Å². The Bertz CT molecular complexity index is 794. The van der Waals surface area contributed by atoms with Crippen LogP contribution in [0.4, 0.5) is 0 Å². The molecule has 5 nitrogen and oxygen atoms in total. The van der Waals surface area contributed by atoms with Crippen LogP contribution in [0.5, 0.6) is 0 Å². The molecule has 0 atom stereocenters. The zero-order valence-corrected chi connectivity index (χ0v) is 14.5. The summed E-state index contributed by atoms with van der Waals surface area (Å²) < 4.78 is 0. The van der Waals surface area contributed by atoms with E-state index in [-0.39, 0.29) is 6.54 Å². The topological polar surface area (TPSA) is 70.6 Å².